The van der Waals surface area contributed by atoms with Gasteiger partial charge in [0.15, 0.2) is 0 Å². The molecule has 4 heteroatoms. The molecule has 0 aliphatic heterocycles. The number of carbonyl (C=O) groups excluding carboxylic acids is 1. The summed E-state index contributed by atoms with van der Waals surface area (Å²) < 4.78 is 5.13. The average Bonchev–Trinajstić information content (AvgIpc) is 2.59. The van der Waals surface area contributed by atoms with Gasteiger partial charge in [-0.3, -0.25) is 9.78 Å². The van der Waals surface area contributed by atoms with Crippen molar-refractivity contribution in [3.05, 3.63) is 66.5 Å². The number of nitrogens with zero attached hydrogens (tertiary/aromatic N) is 1. The standard InChI is InChI=1S/C18H20N2O2/c1-14(15-7-9-17(22-2)10-8-15)5-3-12-20-18(21)16-6-4-11-19-13-16/h4,6-11,13H,1,3,5,12H2,2H3,(H,20,21). The van der Waals surface area contributed by atoms with Crippen LogP contribution in [-0.4, -0.2) is 24.5 Å². The van der Waals surface area contributed by atoms with Crippen molar-refractivity contribution in [1.29, 1.82) is 0 Å². The molecular formula is C18H20N2O2. The number of allylic oxidation sites excluding steroid dienone is 1. The molecule has 0 saturated carbocycles. The highest BCUT2D eigenvalue weighted by molar-refractivity contribution is 5.93. The molecule has 0 spiro atoms. The van der Waals surface area contributed by atoms with E-state index < -0.39 is 0 Å². The topological polar surface area (TPSA) is 51.2 Å². The molecule has 0 aliphatic rings. The molecule has 1 N–H and O–H groups in total. The zero-order valence-corrected chi connectivity index (χ0v) is 12.7. The van der Waals surface area contributed by atoms with Gasteiger partial charge in [0.05, 0.1) is 12.7 Å². The van der Waals surface area contributed by atoms with Gasteiger partial charge < -0.3 is 10.1 Å². The van der Waals surface area contributed by atoms with Gasteiger partial charge in [0, 0.05) is 18.9 Å². The maximum atomic E-state index is 11.8. The fraction of sp³-hybridized carbons (Fsp3) is 0.222. The molecule has 0 atom stereocenters. The van der Waals surface area contributed by atoms with E-state index in [2.05, 4.69) is 16.9 Å². The van der Waals surface area contributed by atoms with Crippen molar-refractivity contribution in [2.24, 2.45) is 0 Å². The monoisotopic (exact) mass is 296 g/mol. The highest BCUT2D eigenvalue weighted by Crippen LogP contribution is 2.20. The Labute approximate surface area is 130 Å². The van der Waals surface area contributed by atoms with Gasteiger partial charge in [-0.15, -0.1) is 0 Å². The van der Waals surface area contributed by atoms with Crippen LogP contribution in [0, 0.1) is 0 Å². The number of pyridine rings is 1. The first kappa shape index (κ1) is 15.8. The van der Waals surface area contributed by atoms with Crippen LogP contribution in [-0.2, 0) is 0 Å². The predicted molar refractivity (Wildman–Crippen MR) is 87.8 cm³/mol. The molecule has 1 amide bonds. The Bertz CT molecular complexity index is 621. The molecule has 0 fully saturated rings. The summed E-state index contributed by atoms with van der Waals surface area (Å²) in [6, 6.07) is 11.3. The summed E-state index contributed by atoms with van der Waals surface area (Å²) in [5.74, 6) is 0.739. The van der Waals surface area contributed by atoms with Crippen molar-refractivity contribution < 1.29 is 9.53 Å². The molecule has 0 radical (unpaired) electrons. The highest BCUT2D eigenvalue weighted by atomic mass is 16.5. The molecule has 0 aliphatic carbocycles. The van der Waals surface area contributed by atoms with Crippen molar-refractivity contribution in [2.75, 3.05) is 13.7 Å². The Morgan fingerprint density at radius 1 is 1.23 bits per heavy atom. The third-order valence-corrected chi connectivity index (χ3v) is 3.36. The maximum Gasteiger partial charge on any atom is 0.252 e. The van der Waals surface area contributed by atoms with Crippen molar-refractivity contribution in [2.45, 2.75) is 12.8 Å². The summed E-state index contributed by atoms with van der Waals surface area (Å²) in [6.45, 7) is 4.71. The molecule has 1 heterocycles. The molecular weight excluding hydrogens is 276 g/mol. The van der Waals surface area contributed by atoms with E-state index in [1.807, 2.05) is 24.3 Å². The minimum absolute atomic E-state index is 0.0943. The third kappa shape index (κ3) is 4.45. The number of hydrogen-bond donors (Lipinski definition) is 1. The van der Waals surface area contributed by atoms with Crippen LogP contribution in [0.15, 0.2) is 55.4 Å². The lowest BCUT2D eigenvalue weighted by Crippen LogP contribution is -2.24. The van der Waals surface area contributed by atoms with Crippen LogP contribution < -0.4 is 10.1 Å². The number of amides is 1. The van der Waals surface area contributed by atoms with Gasteiger partial charge in [-0.25, -0.2) is 0 Å². The number of benzene rings is 1. The Balaban J connectivity index is 1.74. The van der Waals surface area contributed by atoms with Gasteiger partial charge in [0.25, 0.3) is 5.91 Å². The number of aromatic nitrogens is 1. The number of hydrogen-bond acceptors (Lipinski definition) is 3. The summed E-state index contributed by atoms with van der Waals surface area (Å²) in [4.78, 5) is 15.8. The SMILES string of the molecule is C=C(CCCNC(=O)c1cccnc1)c1ccc(OC)cc1. The van der Waals surface area contributed by atoms with Crippen molar-refractivity contribution in [3.63, 3.8) is 0 Å². The molecule has 2 rings (SSSR count). The Morgan fingerprint density at radius 2 is 2.00 bits per heavy atom. The second kappa shape index (κ2) is 7.98. The molecule has 1 aromatic heterocycles. The molecule has 114 valence electrons. The molecule has 2 aromatic rings. The lowest BCUT2D eigenvalue weighted by molar-refractivity contribution is 0.0953. The maximum absolute atomic E-state index is 11.8. The van der Waals surface area contributed by atoms with E-state index in [1.165, 1.54) is 0 Å². The molecule has 0 saturated heterocycles. The van der Waals surface area contributed by atoms with Crippen LogP contribution in [0.4, 0.5) is 0 Å². The van der Waals surface area contributed by atoms with E-state index >= 15 is 0 Å². The van der Waals surface area contributed by atoms with Gasteiger partial charge in [-0.2, -0.15) is 0 Å². The first-order chi connectivity index (χ1) is 10.7. The molecule has 0 bridgehead atoms. The minimum Gasteiger partial charge on any atom is -0.497 e. The summed E-state index contributed by atoms with van der Waals surface area (Å²) in [6.07, 6.45) is 4.89. The van der Waals surface area contributed by atoms with E-state index in [9.17, 15) is 4.79 Å². The Morgan fingerprint density at radius 3 is 2.64 bits per heavy atom. The smallest absolute Gasteiger partial charge is 0.252 e. The second-order valence-electron chi connectivity index (χ2n) is 4.93. The van der Waals surface area contributed by atoms with Crippen molar-refractivity contribution in [3.8, 4) is 5.75 Å². The number of rotatable bonds is 7. The van der Waals surface area contributed by atoms with E-state index in [4.69, 9.17) is 4.74 Å². The third-order valence-electron chi connectivity index (χ3n) is 3.36. The van der Waals surface area contributed by atoms with E-state index in [0.29, 0.717) is 12.1 Å². The zero-order valence-electron chi connectivity index (χ0n) is 12.7. The van der Waals surface area contributed by atoms with Crippen molar-refractivity contribution >= 4 is 11.5 Å². The molecule has 4 nitrogen and oxygen atoms in total. The van der Waals surface area contributed by atoms with Crippen LogP contribution in [0.25, 0.3) is 5.57 Å². The summed E-state index contributed by atoms with van der Waals surface area (Å²) in [5, 5.41) is 2.88. The van der Waals surface area contributed by atoms with Crippen molar-refractivity contribution in [1.82, 2.24) is 10.3 Å². The first-order valence-corrected chi connectivity index (χ1v) is 7.21. The van der Waals surface area contributed by atoms with Crippen LogP contribution >= 0.6 is 0 Å². The number of nitrogens with one attached hydrogen (secondary N) is 1. The first-order valence-electron chi connectivity index (χ1n) is 7.21. The highest BCUT2D eigenvalue weighted by Gasteiger charge is 2.04. The van der Waals surface area contributed by atoms with Gasteiger partial charge >= 0.3 is 0 Å². The second-order valence-corrected chi connectivity index (χ2v) is 4.93. The number of methoxy groups -OCH3 is 1. The lowest BCUT2D eigenvalue weighted by Gasteiger charge is -2.08. The lowest BCUT2D eigenvalue weighted by atomic mass is 10.0. The summed E-state index contributed by atoms with van der Waals surface area (Å²) >= 11 is 0. The van der Waals surface area contributed by atoms with E-state index in [-0.39, 0.29) is 5.91 Å². The molecule has 0 unspecified atom stereocenters. The predicted octanol–water partition coefficient (Wildman–Crippen LogP) is 3.31. The average molecular weight is 296 g/mol. The summed E-state index contributed by atoms with van der Waals surface area (Å²) in [5.41, 5.74) is 2.73. The van der Waals surface area contributed by atoms with Gasteiger partial charge in [0.2, 0.25) is 0 Å². The normalized spacial score (nSPS) is 10.0. The van der Waals surface area contributed by atoms with E-state index in [0.717, 1.165) is 29.7 Å². The number of carbonyl (C=O) groups is 1. The summed E-state index contributed by atoms with van der Waals surface area (Å²) in [7, 11) is 1.65. The van der Waals surface area contributed by atoms with Crippen LogP contribution in [0.5, 0.6) is 5.75 Å². The Hall–Kier alpha value is -2.62. The molecule has 1 aromatic carbocycles. The quantitative estimate of drug-likeness (QED) is 0.797. The largest absolute Gasteiger partial charge is 0.497 e. The van der Waals surface area contributed by atoms with E-state index in [1.54, 1.807) is 31.6 Å². The fourth-order valence-corrected chi connectivity index (χ4v) is 2.07. The van der Waals surface area contributed by atoms with Gasteiger partial charge in [0.1, 0.15) is 5.75 Å². The van der Waals surface area contributed by atoms with Crippen LogP contribution in [0.3, 0.4) is 0 Å². The Kier molecular flexibility index (Phi) is 5.72. The van der Waals surface area contributed by atoms with Gasteiger partial charge in [-0.1, -0.05) is 18.7 Å². The fourth-order valence-electron chi connectivity index (χ4n) is 2.07. The molecule has 22 heavy (non-hydrogen) atoms. The van der Waals surface area contributed by atoms with Crippen LogP contribution in [0.2, 0.25) is 0 Å². The van der Waals surface area contributed by atoms with Gasteiger partial charge in [-0.05, 0) is 48.2 Å². The number of ether oxygens (including phenoxy) is 1. The van der Waals surface area contributed by atoms with Crippen LogP contribution in [0.1, 0.15) is 28.8 Å². The minimum atomic E-state index is -0.0943. The zero-order chi connectivity index (χ0) is 15.8.